The summed E-state index contributed by atoms with van der Waals surface area (Å²) >= 11 is 3.87. The van der Waals surface area contributed by atoms with Crippen LogP contribution in [0.15, 0.2) is 46.2 Å². The van der Waals surface area contributed by atoms with Crippen molar-refractivity contribution in [3.8, 4) is 0 Å². The molecule has 4 heteroatoms. The molecule has 0 aromatic heterocycles. The van der Waals surface area contributed by atoms with Gasteiger partial charge in [-0.05, 0) is 82.0 Å². The first-order valence-electron chi connectivity index (χ1n) is 9.21. The first-order valence-corrected chi connectivity index (χ1v) is 11.2. The summed E-state index contributed by atoms with van der Waals surface area (Å²) < 4.78 is 0. The predicted octanol–water partition coefficient (Wildman–Crippen LogP) is 4.94. The van der Waals surface area contributed by atoms with Gasteiger partial charge in [0.05, 0.1) is 0 Å². The van der Waals surface area contributed by atoms with Gasteiger partial charge in [0.25, 0.3) is 0 Å². The quantitative estimate of drug-likeness (QED) is 0.350. The highest BCUT2D eigenvalue weighted by Gasteiger charge is 2.17. The molecule has 1 aromatic rings. The van der Waals surface area contributed by atoms with Crippen molar-refractivity contribution in [1.29, 1.82) is 0 Å². The van der Waals surface area contributed by atoms with Gasteiger partial charge in [0.1, 0.15) is 0 Å². The molecular weight excluding hydrogens is 332 g/mol. The lowest BCUT2D eigenvalue weighted by molar-refractivity contribution is 0.315. The fourth-order valence-corrected chi connectivity index (χ4v) is 4.83. The average Bonchev–Trinajstić information content (AvgIpc) is 2.60. The molecule has 0 atom stereocenters. The maximum atomic E-state index is 5.96. The second kappa shape index (κ2) is 12.0. The van der Waals surface area contributed by atoms with Crippen molar-refractivity contribution in [3.05, 3.63) is 36.4 Å². The first-order chi connectivity index (χ1) is 11.8. The zero-order valence-electron chi connectivity index (χ0n) is 14.9. The van der Waals surface area contributed by atoms with Crippen LogP contribution in [0.5, 0.6) is 0 Å². The number of hydrogen-bond acceptors (Lipinski definition) is 4. The Balaban J connectivity index is 1.54. The number of nitrogens with one attached hydrogen (secondary N) is 1. The molecule has 1 fully saturated rings. The fourth-order valence-electron chi connectivity index (χ4n) is 2.98. The lowest BCUT2D eigenvalue weighted by atomic mass is 9.86. The van der Waals surface area contributed by atoms with Crippen LogP contribution < -0.4 is 11.1 Å². The van der Waals surface area contributed by atoms with Crippen molar-refractivity contribution in [3.63, 3.8) is 0 Å². The lowest BCUT2D eigenvalue weighted by Crippen LogP contribution is -2.32. The van der Waals surface area contributed by atoms with Gasteiger partial charge >= 0.3 is 0 Å². The van der Waals surface area contributed by atoms with Crippen LogP contribution in [0.4, 0.5) is 0 Å². The van der Waals surface area contributed by atoms with Crippen molar-refractivity contribution >= 4 is 23.5 Å². The summed E-state index contributed by atoms with van der Waals surface area (Å²) in [5.41, 5.74) is 5.96. The molecule has 1 saturated carbocycles. The van der Waals surface area contributed by atoms with Crippen LogP contribution in [-0.4, -0.2) is 30.6 Å². The topological polar surface area (TPSA) is 38.0 Å². The molecule has 1 aromatic carbocycles. The summed E-state index contributed by atoms with van der Waals surface area (Å²) in [7, 11) is 0. The normalized spacial score (nSPS) is 21.4. The first kappa shape index (κ1) is 19.9. The minimum atomic E-state index is 0.463. The van der Waals surface area contributed by atoms with Gasteiger partial charge in [-0.15, -0.1) is 23.5 Å². The third-order valence-electron chi connectivity index (χ3n) is 4.48. The Morgan fingerprint density at radius 1 is 1.17 bits per heavy atom. The van der Waals surface area contributed by atoms with E-state index in [1.165, 1.54) is 54.2 Å². The van der Waals surface area contributed by atoms with Crippen LogP contribution in [0, 0.1) is 5.92 Å². The predicted molar refractivity (Wildman–Crippen MR) is 110 cm³/mol. The zero-order chi connectivity index (χ0) is 17.0. The van der Waals surface area contributed by atoms with Crippen molar-refractivity contribution in [1.82, 2.24) is 5.32 Å². The van der Waals surface area contributed by atoms with Gasteiger partial charge in [-0.25, -0.2) is 0 Å². The van der Waals surface area contributed by atoms with E-state index < -0.39 is 0 Å². The van der Waals surface area contributed by atoms with Crippen LogP contribution in [-0.2, 0) is 0 Å². The molecule has 2 nitrogen and oxygen atoms in total. The van der Waals surface area contributed by atoms with Crippen LogP contribution in [0.3, 0.4) is 0 Å². The van der Waals surface area contributed by atoms with E-state index in [4.69, 9.17) is 5.73 Å². The maximum absolute atomic E-state index is 5.96. The SMILES string of the molecule is CC=CCSc1cccc(SCCCNCC2CCC(N)CC2)c1. The molecule has 0 unspecified atom stereocenters. The highest BCUT2D eigenvalue weighted by Crippen LogP contribution is 2.25. The van der Waals surface area contributed by atoms with Gasteiger partial charge in [-0.1, -0.05) is 18.2 Å². The summed E-state index contributed by atoms with van der Waals surface area (Å²) in [6.07, 6.45) is 10.6. The molecular formula is C20H32N2S2. The molecule has 24 heavy (non-hydrogen) atoms. The van der Waals surface area contributed by atoms with E-state index in [0.717, 1.165) is 18.2 Å². The van der Waals surface area contributed by atoms with Gasteiger partial charge in [-0.3, -0.25) is 0 Å². The van der Waals surface area contributed by atoms with Crippen LogP contribution in [0.25, 0.3) is 0 Å². The molecule has 0 bridgehead atoms. The van der Waals surface area contributed by atoms with Crippen LogP contribution in [0.2, 0.25) is 0 Å². The number of nitrogens with two attached hydrogens (primary N) is 1. The standard InChI is InChI=1S/C20H32N2S2/c1-2-3-13-23-19-6-4-7-20(15-19)24-14-5-12-22-16-17-8-10-18(21)11-9-17/h2-4,6-7,15,17-18,22H,5,8-14,16,21H2,1H3. The number of benzene rings is 1. The monoisotopic (exact) mass is 364 g/mol. The Morgan fingerprint density at radius 3 is 2.67 bits per heavy atom. The summed E-state index contributed by atoms with van der Waals surface area (Å²) in [6, 6.07) is 9.38. The number of rotatable bonds is 10. The van der Waals surface area contributed by atoms with E-state index in [2.05, 4.69) is 48.7 Å². The Labute approximate surface area is 156 Å². The van der Waals surface area contributed by atoms with Gasteiger partial charge in [0.2, 0.25) is 0 Å². The van der Waals surface area contributed by atoms with Gasteiger partial charge in [0.15, 0.2) is 0 Å². The highest BCUT2D eigenvalue weighted by atomic mass is 32.2. The minimum Gasteiger partial charge on any atom is -0.328 e. The molecule has 0 heterocycles. The summed E-state index contributed by atoms with van der Waals surface area (Å²) in [5.74, 6) is 3.09. The second-order valence-electron chi connectivity index (χ2n) is 6.54. The highest BCUT2D eigenvalue weighted by molar-refractivity contribution is 8.00. The molecule has 0 aliphatic heterocycles. The lowest BCUT2D eigenvalue weighted by Gasteiger charge is -2.26. The maximum Gasteiger partial charge on any atom is 0.0160 e. The number of allylic oxidation sites excluding steroid dienone is 1. The van der Waals surface area contributed by atoms with Gasteiger partial charge in [0, 0.05) is 21.6 Å². The van der Waals surface area contributed by atoms with Crippen molar-refractivity contribution in [2.45, 2.75) is 54.9 Å². The third kappa shape index (κ3) is 8.11. The van der Waals surface area contributed by atoms with E-state index in [1.807, 2.05) is 23.5 Å². The Kier molecular flexibility index (Phi) is 9.96. The molecule has 1 aliphatic rings. The van der Waals surface area contributed by atoms with E-state index in [-0.39, 0.29) is 0 Å². The van der Waals surface area contributed by atoms with Gasteiger partial charge in [-0.2, -0.15) is 0 Å². The van der Waals surface area contributed by atoms with Crippen LogP contribution >= 0.6 is 23.5 Å². The molecule has 3 N–H and O–H groups in total. The van der Waals surface area contributed by atoms with Gasteiger partial charge < -0.3 is 11.1 Å². The van der Waals surface area contributed by atoms with E-state index >= 15 is 0 Å². The minimum absolute atomic E-state index is 0.463. The summed E-state index contributed by atoms with van der Waals surface area (Å²) in [4.78, 5) is 2.76. The van der Waals surface area contributed by atoms with Crippen molar-refractivity contribution in [2.24, 2.45) is 11.7 Å². The molecule has 0 radical (unpaired) electrons. The van der Waals surface area contributed by atoms with E-state index in [0.29, 0.717) is 6.04 Å². The summed E-state index contributed by atoms with van der Waals surface area (Å²) in [6.45, 7) is 4.38. The Hall–Kier alpha value is -0.420. The fraction of sp³-hybridized carbons (Fsp3) is 0.600. The smallest absolute Gasteiger partial charge is 0.0160 e. The molecule has 1 aliphatic carbocycles. The van der Waals surface area contributed by atoms with Crippen molar-refractivity contribution in [2.75, 3.05) is 24.6 Å². The van der Waals surface area contributed by atoms with Crippen LogP contribution in [0.1, 0.15) is 39.0 Å². The van der Waals surface area contributed by atoms with E-state index in [9.17, 15) is 0 Å². The molecule has 0 saturated heterocycles. The Morgan fingerprint density at radius 2 is 1.92 bits per heavy atom. The summed E-state index contributed by atoms with van der Waals surface area (Å²) in [5, 5.41) is 3.64. The van der Waals surface area contributed by atoms with E-state index in [1.54, 1.807) is 0 Å². The Bertz CT molecular complexity index is 482. The molecule has 2 rings (SSSR count). The molecule has 134 valence electrons. The second-order valence-corrected chi connectivity index (χ2v) is 8.80. The average molecular weight is 365 g/mol. The number of thioether (sulfide) groups is 2. The zero-order valence-corrected chi connectivity index (χ0v) is 16.5. The molecule has 0 spiro atoms. The van der Waals surface area contributed by atoms with Crippen molar-refractivity contribution < 1.29 is 0 Å². The molecule has 0 amide bonds. The third-order valence-corrected chi connectivity index (χ3v) is 6.50. The largest absolute Gasteiger partial charge is 0.328 e. The number of hydrogen-bond donors (Lipinski definition) is 2.